The molecule has 0 aromatic heterocycles. The van der Waals surface area contributed by atoms with Crippen LogP contribution in [0.1, 0.15) is 11.1 Å². The number of rotatable bonds is 5. The molecule has 0 bridgehead atoms. The fraction of sp³-hybridized carbons (Fsp3) is 0.188. The van der Waals surface area contributed by atoms with Crippen molar-refractivity contribution >= 4 is 18.6 Å². The van der Waals surface area contributed by atoms with E-state index in [1.165, 1.54) is 0 Å². The molecular weight excluding hydrogens is 270 g/mol. The number of hydrogen-bond donors (Lipinski definition) is 2. The second kappa shape index (κ2) is 7.12. The van der Waals surface area contributed by atoms with E-state index in [9.17, 15) is 4.79 Å². The van der Waals surface area contributed by atoms with Crippen LogP contribution in [0, 0.1) is 0 Å². The summed E-state index contributed by atoms with van der Waals surface area (Å²) in [6.07, 6.45) is 0.460. The van der Waals surface area contributed by atoms with Gasteiger partial charge in [-0.05, 0) is 29.7 Å². The zero-order valence-electron chi connectivity index (χ0n) is 11.0. The lowest BCUT2D eigenvalue weighted by Gasteiger charge is -2.11. The fourth-order valence-corrected chi connectivity index (χ4v) is 1.95. The van der Waals surface area contributed by atoms with E-state index < -0.39 is 6.04 Å². The molecule has 0 fully saturated rings. The molecule has 0 unspecified atom stereocenters. The van der Waals surface area contributed by atoms with Crippen LogP contribution in [0.15, 0.2) is 59.5 Å². The highest BCUT2D eigenvalue weighted by Crippen LogP contribution is 2.10. The highest BCUT2D eigenvalue weighted by atomic mass is 32.1. The quantitative estimate of drug-likeness (QED) is 0.656. The van der Waals surface area contributed by atoms with Crippen molar-refractivity contribution in [3.63, 3.8) is 0 Å². The van der Waals surface area contributed by atoms with E-state index in [2.05, 4.69) is 12.6 Å². The predicted molar refractivity (Wildman–Crippen MR) is 81.6 cm³/mol. The summed E-state index contributed by atoms with van der Waals surface area (Å²) in [6.45, 7) is 0.253. The van der Waals surface area contributed by atoms with Gasteiger partial charge in [0.05, 0.1) is 0 Å². The van der Waals surface area contributed by atoms with E-state index in [1.807, 2.05) is 54.6 Å². The maximum absolute atomic E-state index is 11.8. The summed E-state index contributed by atoms with van der Waals surface area (Å²) in [5, 5.41) is 0. The van der Waals surface area contributed by atoms with E-state index in [1.54, 1.807) is 0 Å². The molecule has 0 spiro atoms. The first kappa shape index (κ1) is 14.6. The van der Waals surface area contributed by atoms with Crippen molar-refractivity contribution in [1.82, 2.24) is 0 Å². The van der Waals surface area contributed by atoms with E-state index >= 15 is 0 Å². The zero-order chi connectivity index (χ0) is 14.4. The Bertz CT molecular complexity index is 554. The maximum atomic E-state index is 11.8. The summed E-state index contributed by atoms with van der Waals surface area (Å²) in [7, 11) is 0. The maximum Gasteiger partial charge on any atom is 0.323 e. The Labute approximate surface area is 124 Å². The molecule has 3 nitrogen and oxygen atoms in total. The fourth-order valence-electron chi connectivity index (χ4n) is 1.81. The van der Waals surface area contributed by atoms with Gasteiger partial charge in [-0.2, -0.15) is 0 Å². The van der Waals surface area contributed by atoms with Crippen LogP contribution in [-0.4, -0.2) is 12.0 Å². The van der Waals surface area contributed by atoms with Crippen molar-refractivity contribution in [1.29, 1.82) is 0 Å². The molecule has 0 aliphatic rings. The van der Waals surface area contributed by atoms with Crippen molar-refractivity contribution in [2.45, 2.75) is 24.0 Å². The minimum atomic E-state index is -0.649. The average molecular weight is 287 g/mol. The van der Waals surface area contributed by atoms with E-state index in [4.69, 9.17) is 10.5 Å². The molecule has 0 saturated heterocycles. The summed E-state index contributed by atoms with van der Waals surface area (Å²) in [4.78, 5) is 12.7. The molecule has 2 aromatic carbocycles. The van der Waals surface area contributed by atoms with Crippen LogP contribution in [-0.2, 0) is 22.6 Å². The monoisotopic (exact) mass is 287 g/mol. The van der Waals surface area contributed by atoms with Gasteiger partial charge >= 0.3 is 5.97 Å². The van der Waals surface area contributed by atoms with Crippen molar-refractivity contribution < 1.29 is 9.53 Å². The van der Waals surface area contributed by atoms with Crippen LogP contribution < -0.4 is 5.73 Å². The summed E-state index contributed by atoms with van der Waals surface area (Å²) in [5.41, 5.74) is 7.80. The van der Waals surface area contributed by atoms with Crippen molar-refractivity contribution in [2.75, 3.05) is 0 Å². The summed E-state index contributed by atoms with van der Waals surface area (Å²) in [6, 6.07) is 16.5. The summed E-state index contributed by atoms with van der Waals surface area (Å²) >= 11 is 4.21. The van der Waals surface area contributed by atoms with Gasteiger partial charge in [0.15, 0.2) is 0 Å². The summed E-state index contributed by atoms with van der Waals surface area (Å²) in [5.74, 6) is -0.385. The van der Waals surface area contributed by atoms with Gasteiger partial charge in [-0.15, -0.1) is 12.6 Å². The second-order valence-electron chi connectivity index (χ2n) is 4.57. The van der Waals surface area contributed by atoms with Crippen molar-refractivity contribution in [3.05, 3.63) is 65.7 Å². The van der Waals surface area contributed by atoms with Crippen LogP contribution >= 0.6 is 12.6 Å². The topological polar surface area (TPSA) is 52.3 Å². The van der Waals surface area contributed by atoms with Gasteiger partial charge in [0.25, 0.3) is 0 Å². The second-order valence-corrected chi connectivity index (χ2v) is 5.09. The van der Waals surface area contributed by atoms with Crippen LogP contribution in [0.5, 0.6) is 0 Å². The number of nitrogens with two attached hydrogens (primary N) is 1. The molecule has 20 heavy (non-hydrogen) atoms. The molecule has 0 aliphatic heterocycles. The number of esters is 1. The molecule has 0 radical (unpaired) electrons. The SMILES string of the molecule is N[C@@H](Cc1ccc(S)cc1)C(=O)OCc1ccccc1. The predicted octanol–water partition coefficient (Wildman–Crippen LogP) is 2.59. The van der Waals surface area contributed by atoms with Crippen molar-refractivity contribution in [3.8, 4) is 0 Å². The third kappa shape index (κ3) is 4.40. The Morgan fingerprint density at radius 1 is 1.05 bits per heavy atom. The number of carbonyl (C=O) groups is 1. The van der Waals surface area contributed by atoms with Gasteiger partial charge in [0.2, 0.25) is 0 Å². The van der Waals surface area contributed by atoms with Gasteiger partial charge in [-0.3, -0.25) is 4.79 Å². The van der Waals surface area contributed by atoms with Gasteiger partial charge in [0.1, 0.15) is 12.6 Å². The van der Waals surface area contributed by atoms with Gasteiger partial charge < -0.3 is 10.5 Å². The first-order valence-corrected chi connectivity index (χ1v) is 6.84. The molecule has 1 atom stereocenters. The molecule has 2 N–H and O–H groups in total. The molecular formula is C16H17NO2S. The van der Waals surface area contributed by atoms with Crippen LogP contribution in [0.4, 0.5) is 0 Å². The molecule has 0 aliphatic carbocycles. The Morgan fingerprint density at radius 2 is 1.70 bits per heavy atom. The standard InChI is InChI=1S/C16H17NO2S/c17-15(10-12-6-8-14(20)9-7-12)16(18)19-11-13-4-2-1-3-5-13/h1-9,15,20H,10-11,17H2/t15-/m0/s1. The Hall–Kier alpha value is -1.78. The highest BCUT2D eigenvalue weighted by Gasteiger charge is 2.15. The minimum absolute atomic E-state index is 0.253. The number of benzene rings is 2. The lowest BCUT2D eigenvalue weighted by molar-refractivity contribution is -0.146. The zero-order valence-corrected chi connectivity index (χ0v) is 11.9. The van der Waals surface area contributed by atoms with Gasteiger partial charge in [0, 0.05) is 4.90 Å². The third-order valence-corrected chi connectivity index (χ3v) is 3.22. The first-order chi connectivity index (χ1) is 9.65. The molecule has 4 heteroatoms. The van der Waals surface area contributed by atoms with Crippen molar-refractivity contribution in [2.24, 2.45) is 5.73 Å². The van der Waals surface area contributed by atoms with E-state index in [0.29, 0.717) is 6.42 Å². The first-order valence-electron chi connectivity index (χ1n) is 6.39. The Morgan fingerprint density at radius 3 is 2.35 bits per heavy atom. The molecule has 0 saturated carbocycles. The largest absolute Gasteiger partial charge is 0.460 e. The lowest BCUT2D eigenvalue weighted by Crippen LogP contribution is -2.34. The third-order valence-electron chi connectivity index (χ3n) is 2.92. The van der Waals surface area contributed by atoms with Gasteiger partial charge in [-0.1, -0.05) is 42.5 Å². The minimum Gasteiger partial charge on any atom is -0.460 e. The molecule has 0 amide bonds. The van der Waals surface area contributed by atoms with Crippen LogP contribution in [0.3, 0.4) is 0 Å². The molecule has 104 valence electrons. The number of carbonyl (C=O) groups excluding carboxylic acids is 1. The number of ether oxygens (including phenoxy) is 1. The average Bonchev–Trinajstić information content (AvgIpc) is 2.48. The highest BCUT2D eigenvalue weighted by molar-refractivity contribution is 7.80. The normalized spacial score (nSPS) is 11.9. The number of hydrogen-bond acceptors (Lipinski definition) is 4. The van der Waals surface area contributed by atoms with Crippen LogP contribution in [0.2, 0.25) is 0 Å². The van der Waals surface area contributed by atoms with E-state index in [0.717, 1.165) is 16.0 Å². The van der Waals surface area contributed by atoms with Crippen LogP contribution in [0.25, 0.3) is 0 Å². The molecule has 2 rings (SSSR count). The number of thiol groups is 1. The Kier molecular flexibility index (Phi) is 5.21. The lowest BCUT2D eigenvalue weighted by atomic mass is 10.1. The Balaban J connectivity index is 1.84. The van der Waals surface area contributed by atoms with Gasteiger partial charge in [-0.25, -0.2) is 0 Å². The summed E-state index contributed by atoms with van der Waals surface area (Å²) < 4.78 is 5.21. The molecule has 2 aromatic rings. The van der Waals surface area contributed by atoms with E-state index in [-0.39, 0.29) is 12.6 Å². The smallest absolute Gasteiger partial charge is 0.323 e. The molecule has 0 heterocycles.